The average Bonchev–Trinajstić information content (AvgIpc) is 2.73. The molecule has 0 saturated heterocycles. The van der Waals surface area contributed by atoms with Crippen molar-refractivity contribution in [3.63, 3.8) is 0 Å². The third kappa shape index (κ3) is 4.11. The molecule has 0 spiro atoms. The summed E-state index contributed by atoms with van der Waals surface area (Å²) >= 11 is 4.94. The third-order valence-electron chi connectivity index (χ3n) is 2.48. The fourth-order valence-electron chi connectivity index (χ4n) is 1.61. The zero-order valence-corrected chi connectivity index (χ0v) is 12.6. The van der Waals surface area contributed by atoms with E-state index in [1.807, 2.05) is 12.1 Å². The van der Waals surface area contributed by atoms with Gasteiger partial charge in [-0.15, -0.1) is 11.3 Å². The summed E-state index contributed by atoms with van der Waals surface area (Å²) in [6, 6.07) is 5.67. The van der Waals surface area contributed by atoms with Crippen LogP contribution in [0.4, 0.5) is 24.8 Å². The number of pyridine rings is 1. The van der Waals surface area contributed by atoms with Gasteiger partial charge < -0.3 is 11.1 Å². The van der Waals surface area contributed by atoms with Gasteiger partial charge in [0.05, 0.1) is 9.35 Å². The molecule has 2 aromatic rings. The van der Waals surface area contributed by atoms with Crippen LogP contribution in [-0.2, 0) is 12.6 Å². The molecule has 0 atom stereocenters. The number of hydrogen-bond acceptors (Lipinski definition) is 4. The quantitative estimate of drug-likeness (QED) is 0.854. The van der Waals surface area contributed by atoms with Gasteiger partial charge in [0.15, 0.2) is 0 Å². The molecule has 0 unspecified atom stereocenters. The first-order chi connectivity index (χ1) is 9.34. The lowest BCUT2D eigenvalue weighted by atomic mass is 10.2. The van der Waals surface area contributed by atoms with Crippen molar-refractivity contribution in [3.05, 3.63) is 38.5 Å². The Balaban J connectivity index is 2.00. The zero-order valence-electron chi connectivity index (χ0n) is 10.2. The number of nitrogen functional groups attached to an aromatic ring is 1. The van der Waals surface area contributed by atoms with Crippen LogP contribution < -0.4 is 11.1 Å². The summed E-state index contributed by atoms with van der Waals surface area (Å²) in [5.74, 6) is -0.0193. The molecule has 20 heavy (non-hydrogen) atoms. The molecule has 108 valence electrons. The SMILES string of the molecule is Nc1cc(C(F)(F)F)cc(NCCc2ccc(Br)s2)n1. The number of nitrogens with two attached hydrogens (primary N) is 1. The molecule has 3 N–H and O–H groups in total. The van der Waals surface area contributed by atoms with Crippen LogP contribution in [0.1, 0.15) is 10.4 Å². The number of rotatable bonds is 4. The number of anilines is 2. The van der Waals surface area contributed by atoms with Crippen LogP contribution in [0.3, 0.4) is 0 Å². The number of nitrogens with zero attached hydrogens (tertiary/aromatic N) is 1. The molecule has 2 rings (SSSR count). The van der Waals surface area contributed by atoms with Gasteiger partial charge in [0, 0.05) is 11.4 Å². The zero-order chi connectivity index (χ0) is 14.8. The third-order valence-corrected chi connectivity index (χ3v) is 4.16. The first-order valence-corrected chi connectivity index (χ1v) is 7.28. The number of alkyl halides is 3. The molecule has 0 aliphatic heterocycles. The Morgan fingerprint density at radius 1 is 1.30 bits per heavy atom. The van der Waals surface area contributed by atoms with Crippen LogP contribution in [0.2, 0.25) is 0 Å². The van der Waals surface area contributed by atoms with Crippen LogP contribution in [0, 0.1) is 0 Å². The number of nitrogens with one attached hydrogen (secondary N) is 1. The monoisotopic (exact) mass is 365 g/mol. The van der Waals surface area contributed by atoms with Gasteiger partial charge >= 0.3 is 6.18 Å². The molecule has 0 bridgehead atoms. The first-order valence-electron chi connectivity index (χ1n) is 5.67. The lowest BCUT2D eigenvalue weighted by Crippen LogP contribution is -2.11. The second kappa shape index (κ2) is 6.01. The van der Waals surface area contributed by atoms with E-state index < -0.39 is 11.7 Å². The highest BCUT2D eigenvalue weighted by Crippen LogP contribution is 2.31. The minimum atomic E-state index is -4.42. The van der Waals surface area contributed by atoms with Crippen LogP contribution in [0.5, 0.6) is 0 Å². The maximum Gasteiger partial charge on any atom is 0.416 e. The molecule has 2 aromatic heterocycles. The van der Waals surface area contributed by atoms with E-state index in [4.69, 9.17) is 5.73 Å². The molecule has 0 aliphatic carbocycles. The summed E-state index contributed by atoms with van der Waals surface area (Å²) < 4.78 is 38.9. The predicted molar refractivity (Wildman–Crippen MR) is 77.9 cm³/mol. The molecule has 3 nitrogen and oxygen atoms in total. The minimum absolute atomic E-state index is 0.132. The normalized spacial score (nSPS) is 11.6. The smallest absolute Gasteiger partial charge is 0.384 e. The molecule has 8 heteroatoms. The van der Waals surface area contributed by atoms with E-state index in [2.05, 4.69) is 26.2 Å². The summed E-state index contributed by atoms with van der Waals surface area (Å²) in [6.45, 7) is 0.487. The van der Waals surface area contributed by atoms with E-state index in [-0.39, 0.29) is 11.6 Å². The molecule has 2 heterocycles. The van der Waals surface area contributed by atoms with Crippen molar-refractivity contribution in [2.45, 2.75) is 12.6 Å². The number of halogens is 4. The highest BCUT2D eigenvalue weighted by Gasteiger charge is 2.31. The molecule has 0 aromatic carbocycles. The van der Waals surface area contributed by atoms with Crippen LogP contribution in [0.15, 0.2) is 28.1 Å². The van der Waals surface area contributed by atoms with Gasteiger partial charge in [0.25, 0.3) is 0 Å². The Hall–Kier alpha value is -1.28. The van der Waals surface area contributed by atoms with Crippen molar-refractivity contribution in [3.8, 4) is 0 Å². The van der Waals surface area contributed by atoms with Gasteiger partial charge in [-0.05, 0) is 46.6 Å². The molecule has 0 saturated carbocycles. The van der Waals surface area contributed by atoms with Crippen molar-refractivity contribution in [1.29, 1.82) is 0 Å². The van der Waals surface area contributed by atoms with E-state index in [0.717, 1.165) is 20.8 Å². The fourth-order valence-corrected chi connectivity index (χ4v) is 3.09. The lowest BCUT2D eigenvalue weighted by molar-refractivity contribution is -0.137. The van der Waals surface area contributed by atoms with Gasteiger partial charge in [-0.3, -0.25) is 0 Å². The largest absolute Gasteiger partial charge is 0.416 e. The Bertz CT molecular complexity index is 598. The Morgan fingerprint density at radius 3 is 2.65 bits per heavy atom. The second-order valence-electron chi connectivity index (χ2n) is 4.05. The Morgan fingerprint density at radius 2 is 2.05 bits per heavy atom. The number of aromatic nitrogens is 1. The highest BCUT2D eigenvalue weighted by atomic mass is 79.9. The van der Waals surface area contributed by atoms with Crippen LogP contribution in [-0.4, -0.2) is 11.5 Å². The van der Waals surface area contributed by atoms with Gasteiger partial charge in [0.2, 0.25) is 0 Å². The second-order valence-corrected chi connectivity index (χ2v) is 6.59. The highest BCUT2D eigenvalue weighted by molar-refractivity contribution is 9.11. The summed E-state index contributed by atoms with van der Waals surface area (Å²) in [7, 11) is 0. The maximum absolute atomic E-state index is 12.6. The van der Waals surface area contributed by atoms with Crippen molar-refractivity contribution < 1.29 is 13.2 Å². The van der Waals surface area contributed by atoms with Gasteiger partial charge in [0.1, 0.15) is 11.6 Å². The van der Waals surface area contributed by atoms with Crippen LogP contribution >= 0.6 is 27.3 Å². The topological polar surface area (TPSA) is 50.9 Å². The summed E-state index contributed by atoms with van der Waals surface area (Å²) in [5.41, 5.74) is 4.59. The van der Waals surface area contributed by atoms with E-state index in [1.54, 1.807) is 11.3 Å². The van der Waals surface area contributed by atoms with Gasteiger partial charge in [-0.2, -0.15) is 13.2 Å². The summed E-state index contributed by atoms with van der Waals surface area (Å²) in [4.78, 5) is 4.97. The minimum Gasteiger partial charge on any atom is -0.384 e. The van der Waals surface area contributed by atoms with Crippen molar-refractivity contribution in [2.24, 2.45) is 0 Å². The molecule has 0 radical (unpaired) electrons. The fraction of sp³-hybridized carbons (Fsp3) is 0.250. The molecular weight excluding hydrogens is 355 g/mol. The summed E-state index contributed by atoms with van der Waals surface area (Å²) in [5, 5.41) is 2.86. The van der Waals surface area contributed by atoms with E-state index in [1.165, 1.54) is 0 Å². The van der Waals surface area contributed by atoms with Gasteiger partial charge in [-0.1, -0.05) is 0 Å². The molecule has 0 amide bonds. The van der Waals surface area contributed by atoms with Crippen molar-refractivity contribution in [2.75, 3.05) is 17.6 Å². The number of thiophene rings is 1. The average molecular weight is 366 g/mol. The lowest BCUT2D eigenvalue weighted by Gasteiger charge is -2.10. The van der Waals surface area contributed by atoms with E-state index in [0.29, 0.717) is 13.0 Å². The van der Waals surface area contributed by atoms with Crippen molar-refractivity contribution >= 4 is 38.9 Å². The van der Waals surface area contributed by atoms with Crippen molar-refractivity contribution in [1.82, 2.24) is 4.98 Å². The van der Waals surface area contributed by atoms with Gasteiger partial charge in [-0.25, -0.2) is 4.98 Å². The maximum atomic E-state index is 12.6. The Kier molecular flexibility index (Phi) is 4.54. The molecule has 0 aliphatic rings. The Labute approximate surface area is 126 Å². The first kappa shape index (κ1) is 15.1. The summed E-state index contributed by atoms with van der Waals surface area (Å²) in [6.07, 6.45) is -3.72. The molecular formula is C12H11BrF3N3S. The number of hydrogen-bond donors (Lipinski definition) is 2. The predicted octanol–water partition coefficient (Wildman–Crippen LogP) is 4.16. The van der Waals surface area contributed by atoms with E-state index in [9.17, 15) is 13.2 Å². The molecule has 0 fully saturated rings. The van der Waals surface area contributed by atoms with E-state index >= 15 is 0 Å². The standard InChI is InChI=1S/C12H11BrF3N3S/c13-9-2-1-8(20-9)3-4-18-11-6-7(12(14,15)16)5-10(17)19-11/h1-2,5-6H,3-4H2,(H3,17,18,19). The van der Waals surface area contributed by atoms with Crippen LogP contribution in [0.25, 0.3) is 0 Å².